The average molecular weight is 260 g/mol. The first-order valence-corrected chi connectivity index (χ1v) is 7.69. The second-order valence-corrected chi connectivity index (χ2v) is 6.04. The summed E-state index contributed by atoms with van der Waals surface area (Å²) in [5.74, 6) is 0.899. The van der Waals surface area contributed by atoms with E-state index in [1.807, 2.05) is 0 Å². The largest absolute Gasteiger partial charge is 0.316 e. The van der Waals surface area contributed by atoms with Crippen LogP contribution in [0.4, 0.5) is 0 Å². The number of benzene rings is 1. The zero-order valence-electron chi connectivity index (χ0n) is 12.5. The molecule has 2 nitrogen and oxygen atoms in total. The second-order valence-electron chi connectivity index (χ2n) is 6.04. The lowest BCUT2D eigenvalue weighted by Gasteiger charge is -2.25. The predicted octanol–water partition coefficient (Wildman–Crippen LogP) is 2.86. The van der Waals surface area contributed by atoms with Crippen molar-refractivity contribution in [2.24, 2.45) is 5.92 Å². The highest BCUT2D eigenvalue weighted by molar-refractivity contribution is 5.21. The Morgan fingerprint density at radius 3 is 2.68 bits per heavy atom. The number of aryl methyl sites for hydroxylation is 1. The van der Waals surface area contributed by atoms with E-state index in [1.54, 1.807) is 0 Å². The number of piperidine rings is 1. The summed E-state index contributed by atoms with van der Waals surface area (Å²) in [5, 5.41) is 3.50. The van der Waals surface area contributed by atoms with Crippen LogP contribution in [0.15, 0.2) is 24.3 Å². The van der Waals surface area contributed by atoms with Crippen LogP contribution >= 0.6 is 0 Å². The normalized spacial score (nSPS) is 19.8. The Morgan fingerprint density at radius 2 is 2.00 bits per heavy atom. The van der Waals surface area contributed by atoms with E-state index >= 15 is 0 Å². The molecule has 2 rings (SSSR count). The van der Waals surface area contributed by atoms with Gasteiger partial charge in [-0.15, -0.1) is 0 Å². The lowest BCUT2D eigenvalue weighted by molar-refractivity contribution is 0.275. The van der Waals surface area contributed by atoms with Crippen LogP contribution in [-0.2, 0) is 6.42 Å². The van der Waals surface area contributed by atoms with Gasteiger partial charge in [0.15, 0.2) is 0 Å². The van der Waals surface area contributed by atoms with Gasteiger partial charge in [0.1, 0.15) is 0 Å². The summed E-state index contributed by atoms with van der Waals surface area (Å²) >= 11 is 0. The Labute approximate surface area is 118 Å². The van der Waals surface area contributed by atoms with Crippen LogP contribution in [0.2, 0.25) is 0 Å². The van der Waals surface area contributed by atoms with Crippen LogP contribution < -0.4 is 5.32 Å². The minimum atomic E-state index is 0.899. The summed E-state index contributed by atoms with van der Waals surface area (Å²) in [5.41, 5.74) is 2.80. The van der Waals surface area contributed by atoms with E-state index in [1.165, 1.54) is 63.0 Å². The number of hydrogen-bond acceptors (Lipinski definition) is 2. The summed E-state index contributed by atoms with van der Waals surface area (Å²) in [6.45, 7) is 7.00. The maximum absolute atomic E-state index is 3.50. The molecule has 1 saturated heterocycles. The molecule has 0 aliphatic carbocycles. The smallest absolute Gasteiger partial charge is 0.00188 e. The van der Waals surface area contributed by atoms with Gasteiger partial charge in [0.25, 0.3) is 0 Å². The van der Waals surface area contributed by atoms with Gasteiger partial charge in [-0.2, -0.15) is 0 Å². The molecule has 19 heavy (non-hydrogen) atoms. The van der Waals surface area contributed by atoms with Gasteiger partial charge in [-0.05, 0) is 70.8 Å². The molecule has 1 aliphatic heterocycles. The molecule has 0 radical (unpaired) electrons. The van der Waals surface area contributed by atoms with Crippen molar-refractivity contribution in [2.45, 2.75) is 32.6 Å². The van der Waals surface area contributed by atoms with Crippen molar-refractivity contribution in [3.8, 4) is 0 Å². The van der Waals surface area contributed by atoms with Crippen molar-refractivity contribution in [2.75, 3.05) is 33.2 Å². The van der Waals surface area contributed by atoms with Crippen molar-refractivity contribution in [3.63, 3.8) is 0 Å². The molecule has 0 amide bonds. The third kappa shape index (κ3) is 5.33. The first-order valence-electron chi connectivity index (χ1n) is 7.69. The second kappa shape index (κ2) is 7.66. The molecule has 0 spiro atoms. The molecule has 1 aromatic rings. The molecule has 106 valence electrons. The predicted molar refractivity (Wildman–Crippen MR) is 82.6 cm³/mol. The average Bonchev–Trinajstić information content (AvgIpc) is 2.45. The monoisotopic (exact) mass is 260 g/mol. The zero-order chi connectivity index (χ0) is 13.5. The molecule has 0 bridgehead atoms. The SMILES string of the molecule is Cc1ccc(CCN(C)CCC2CCCNC2)cc1. The van der Waals surface area contributed by atoms with E-state index in [0.29, 0.717) is 0 Å². The molecule has 1 atom stereocenters. The van der Waals surface area contributed by atoms with E-state index in [2.05, 4.69) is 48.5 Å². The number of rotatable bonds is 6. The number of likely N-dealkylation sites (N-methyl/N-ethyl adjacent to an activating group) is 1. The molecule has 1 fully saturated rings. The quantitative estimate of drug-likeness (QED) is 0.846. The van der Waals surface area contributed by atoms with Gasteiger partial charge in [-0.25, -0.2) is 0 Å². The molecule has 1 unspecified atom stereocenters. The lowest BCUT2D eigenvalue weighted by Crippen LogP contribution is -2.32. The highest BCUT2D eigenvalue weighted by Gasteiger charge is 2.13. The van der Waals surface area contributed by atoms with Crippen molar-refractivity contribution in [3.05, 3.63) is 35.4 Å². The van der Waals surface area contributed by atoms with Crippen LogP contribution in [-0.4, -0.2) is 38.1 Å². The Kier molecular flexibility index (Phi) is 5.87. The van der Waals surface area contributed by atoms with E-state index in [9.17, 15) is 0 Å². The number of hydrogen-bond donors (Lipinski definition) is 1. The highest BCUT2D eigenvalue weighted by atomic mass is 15.1. The van der Waals surface area contributed by atoms with Crippen molar-refractivity contribution in [1.82, 2.24) is 10.2 Å². The van der Waals surface area contributed by atoms with Gasteiger partial charge in [0.2, 0.25) is 0 Å². The zero-order valence-corrected chi connectivity index (χ0v) is 12.5. The van der Waals surface area contributed by atoms with Crippen LogP contribution in [0.3, 0.4) is 0 Å². The maximum atomic E-state index is 3.50. The van der Waals surface area contributed by atoms with E-state index in [0.717, 1.165) is 5.92 Å². The molecule has 0 saturated carbocycles. The van der Waals surface area contributed by atoms with Crippen LogP contribution in [0, 0.1) is 12.8 Å². The molecule has 0 aromatic heterocycles. The molecule has 1 aliphatic rings. The molecule has 1 aromatic carbocycles. The number of nitrogens with one attached hydrogen (secondary N) is 1. The lowest BCUT2D eigenvalue weighted by atomic mass is 9.96. The Hall–Kier alpha value is -0.860. The molecule has 2 heteroatoms. The standard InChI is InChI=1S/C17H28N2/c1-15-5-7-16(8-6-15)9-12-19(2)13-10-17-4-3-11-18-14-17/h5-8,17-18H,3-4,9-14H2,1-2H3. The van der Waals surface area contributed by atoms with Crippen LogP contribution in [0.25, 0.3) is 0 Å². The molecule has 1 heterocycles. The van der Waals surface area contributed by atoms with Gasteiger partial charge < -0.3 is 10.2 Å². The van der Waals surface area contributed by atoms with Gasteiger partial charge >= 0.3 is 0 Å². The Morgan fingerprint density at radius 1 is 1.21 bits per heavy atom. The van der Waals surface area contributed by atoms with Crippen LogP contribution in [0.5, 0.6) is 0 Å². The van der Waals surface area contributed by atoms with E-state index < -0.39 is 0 Å². The topological polar surface area (TPSA) is 15.3 Å². The first-order chi connectivity index (χ1) is 9.24. The number of nitrogens with zero attached hydrogens (tertiary/aromatic N) is 1. The summed E-state index contributed by atoms with van der Waals surface area (Å²) in [7, 11) is 2.25. The third-order valence-corrected chi connectivity index (χ3v) is 4.22. The van der Waals surface area contributed by atoms with Crippen LogP contribution in [0.1, 0.15) is 30.4 Å². The van der Waals surface area contributed by atoms with Gasteiger partial charge in [0, 0.05) is 6.54 Å². The van der Waals surface area contributed by atoms with Gasteiger partial charge in [-0.1, -0.05) is 29.8 Å². The third-order valence-electron chi connectivity index (χ3n) is 4.22. The molecular formula is C17H28N2. The molecular weight excluding hydrogens is 232 g/mol. The van der Waals surface area contributed by atoms with E-state index in [-0.39, 0.29) is 0 Å². The van der Waals surface area contributed by atoms with Gasteiger partial charge in [0.05, 0.1) is 0 Å². The first kappa shape index (κ1) is 14.5. The van der Waals surface area contributed by atoms with E-state index in [4.69, 9.17) is 0 Å². The van der Waals surface area contributed by atoms with Crippen molar-refractivity contribution < 1.29 is 0 Å². The highest BCUT2D eigenvalue weighted by Crippen LogP contribution is 2.14. The minimum Gasteiger partial charge on any atom is -0.316 e. The summed E-state index contributed by atoms with van der Waals surface area (Å²) in [6.07, 6.45) is 5.29. The Bertz CT molecular complexity index is 352. The van der Waals surface area contributed by atoms with Crippen molar-refractivity contribution >= 4 is 0 Å². The fourth-order valence-electron chi connectivity index (χ4n) is 2.76. The summed E-state index contributed by atoms with van der Waals surface area (Å²) in [4.78, 5) is 2.48. The Balaban J connectivity index is 1.63. The maximum Gasteiger partial charge on any atom is 0.00188 e. The summed E-state index contributed by atoms with van der Waals surface area (Å²) < 4.78 is 0. The fraction of sp³-hybridized carbons (Fsp3) is 0.647. The minimum absolute atomic E-state index is 0.899. The summed E-state index contributed by atoms with van der Waals surface area (Å²) in [6, 6.07) is 8.94. The van der Waals surface area contributed by atoms with Crippen molar-refractivity contribution in [1.29, 1.82) is 0 Å². The fourth-order valence-corrected chi connectivity index (χ4v) is 2.76. The van der Waals surface area contributed by atoms with Gasteiger partial charge in [-0.3, -0.25) is 0 Å². The molecule has 1 N–H and O–H groups in total.